The number of likely N-dealkylation sites (N-methyl/N-ethyl adjacent to an activating group) is 2. The zero-order valence-corrected chi connectivity index (χ0v) is 13.5. The lowest BCUT2D eigenvalue weighted by molar-refractivity contribution is -0.0113. The Bertz CT molecular complexity index is 260. The topological polar surface area (TPSA) is 41.7 Å². The minimum Gasteiger partial charge on any atom is -0.383 e. The highest BCUT2D eigenvalue weighted by molar-refractivity contribution is 4.95. The molecular formula is C15H33N3O. The maximum absolute atomic E-state index is 6.10. The van der Waals surface area contributed by atoms with Crippen LogP contribution in [0.2, 0.25) is 0 Å². The first-order chi connectivity index (χ1) is 9.01. The molecule has 0 aromatic carbocycles. The van der Waals surface area contributed by atoms with Crippen molar-refractivity contribution in [3.8, 4) is 0 Å². The predicted molar refractivity (Wildman–Crippen MR) is 81.4 cm³/mol. The molecule has 1 aliphatic rings. The number of likely N-dealkylation sites (tertiary alicyclic amines) is 1. The molecule has 1 heterocycles. The lowest BCUT2D eigenvalue weighted by Gasteiger charge is -2.45. The average molecular weight is 271 g/mol. The molecule has 1 saturated heterocycles. The third-order valence-electron chi connectivity index (χ3n) is 4.97. The van der Waals surface area contributed by atoms with Gasteiger partial charge in [0.1, 0.15) is 0 Å². The summed E-state index contributed by atoms with van der Waals surface area (Å²) < 4.78 is 5.46. The van der Waals surface area contributed by atoms with Crippen molar-refractivity contribution in [2.24, 2.45) is 11.7 Å². The molecule has 2 unspecified atom stereocenters. The Morgan fingerprint density at radius 2 is 2.16 bits per heavy atom. The molecule has 1 rings (SSSR count). The highest BCUT2D eigenvalue weighted by Gasteiger charge is 2.38. The van der Waals surface area contributed by atoms with E-state index in [0.717, 1.165) is 13.1 Å². The molecule has 4 nitrogen and oxygen atoms in total. The molecule has 0 amide bonds. The first-order valence-corrected chi connectivity index (χ1v) is 7.66. The van der Waals surface area contributed by atoms with Crippen LogP contribution >= 0.6 is 0 Å². The van der Waals surface area contributed by atoms with Gasteiger partial charge < -0.3 is 10.5 Å². The molecule has 0 spiro atoms. The maximum atomic E-state index is 6.10. The lowest BCUT2D eigenvalue weighted by atomic mass is 9.85. The summed E-state index contributed by atoms with van der Waals surface area (Å²) in [5.41, 5.74) is 6.06. The van der Waals surface area contributed by atoms with Gasteiger partial charge in [0, 0.05) is 26.2 Å². The fraction of sp³-hybridized carbons (Fsp3) is 1.00. The van der Waals surface area contributed by atoms with Crippen LogP contribution in [0.5, 0.6) is 0 Å². The van der Waals surface area contributed by atoms with Gasteiger partial charge in [0.05, 0.1) is 12.1 Å². The van der Waals surface area contributed by atoms with Gasteiger partial charge in [-0.2, -0.15) is 0 Å². The second kappa shape index (κ2) is 7.58. The van der Waals surface area contributed by atoms with Crippen LogP contribution in [0.1, 0.15) is 33.6 Å². The van der Waals surface area contributed by atoms with Crippen LogP contribution < -0.4 is 5.73 Å². The van der Waals surface area contributed by atoms with Crippen molar-refractivity contribution in [3.05, 3.63) is 0 Å². The smallest absolute Gasteiger partial charge is 0.0661 e. The molecule has 1 fully saturated rings. The Kier molecular flexibility index (Phi) is 6.74. The zero-order chi connectivity index (χ0) is 14.5. The highest BCUT2D eigenvalue weighted by atomic mass is 16.5. The van der Waals surface area contributed by atoms with Gasteiger partial charge in [0.15, 0.2) is 0 Å². The average Bonchev–Trinajstić information content (AvgIpc) is 2.82. The molecule has 2 atom stereocenters. The van der Waals surface area contributed by atoms with Crippen LogP contribution in [0.15, 0.2) is 0 Å². The summed E-state index contributed by atoms with van der Waals surface area (Å²) in [4.78, 5) is 5.03. The van der Waals surface area contributed by atoms with E-state index in [2.05, 4.69) is 37.6 Å². The number of rotatable bonds is 8. The molecule has 0 radical (unpaired) electrons. The van der Waals surface area contributed by atoms with E-state index in [0.29, 0.717) is 25.1 Å². The number of hydrogen-bond acceptors (Lipinski definition) is 4. The number of nitrogens with zero attached hydrogens (tertiary/aromatic N) is 2. The van der Waals surface area contributed by atoms with Crippen LogP contribution in [-0.4, -0.2) is 68.3 Å². The van der Waals surface area contributed by atoms with Crippen LogP contribution in [0, 0.1) is 5.92 Å². The quantitative estimate of drug-likeness (QED) is 0.725. The molecule has 4 heteroatoms. The molecule has 19 heavy (non-hydrogen) atoms. The zero-order valence-electron chi connectivity index (χ0n) is 13.5. The minimum absolute atomic E-state index is 0.0449. The van der Waals surface area contributed by atoms with Gasteiger partial charge in [-0.05, 0) is 38.9 Å². The number of methoxy groups -OCH3 is 1. The fourth-order valence-electron chi connectivity index (χ4n) is 3.43. The molecule has 2 N–H and O–H groups in total. The summed E-state index contributed by atoms with van der Waals surface area (Å²) in [5, 5.41) is 0. The lowest BCUT2D eigenvalue weighted by Crippen LogP contribution is -2.61. The Hall–Kier alpha value is -0.160. The monoisotopic (exact) mass is 271 g/mol. The molecule has 1 aliphatic heterocycles. The van der Waals surface area contributed by atoms with Gasteiger partial charge in [-0.1, -0.05) is 20.8 Å². The van der Waals surface area contributed by atoms with Crippen molar-refractivity contribution in [3.63, 3.8) is 0 Å². The summed E-state index contributed by atoms with van der Waals surface area (Å²) in [5.74, 6) is 0.485. The van der Waals surface area contributed by atoms with Crippen molar-refractivity contribution in [1.29, 1.82) is 0 Å². The molecular weight excluding hydrogens is 238 g/mol. The Morgan fingerprint density at radius 1 is 1.47 bits per heavy atom. The first-order valence-electron chi connectivity index (χ1n) is 7.66. The van der Waals surface area contributed by atoms with Crippen molar-refractivity contribution in [2.75, 3.05) is 46.9 Å². The van der Waals surface area contributed by atoms with E-state index >= 15 is 0 Å². The van der Waals surface area contributed by atoms with Crippen molar-refractivity contribution in [2.45, 2.75) is 45.2 Å². The van der Waals surface area contributed by atoms with E-state index in [1.54, 1.807) is 7.11 Å². The third-order valence-corrected chi connectivity index (χ3v) is 4.97. The number of hydrogen-bond donors (Lipinski definition) is 1. The summed E-state index contributed by atoms with van der Waals surface area (Å²) >= 11 is 0. The van der Waals surface area contributed by atoms with E-state index in [1.807, 2.05) is 0 Å². The molecule has 0 bridgehead atoms. The number of nitrogens with two attached hydrogens (primary N) is 1. The van der Waals surface area contributed by atoms with Crippen LogP contribution in [0.4, 0.5) is 0 Å². The molecule has 0 aliphatic carbocycles. The standard InChI is InChI=1S/C15H33N3O/c1-6-18-9-7-8-14(18)10-17(4)15(11-16,12-19-5)13(2)3/h13-14H,6-12,16H2,1-5H3. The van der Waals surface area contributed by atoms with Gasteiger partial charge in [-0.25, -0.2) is 0 Å². The van der Waals surface area contributed by atoms with Gasteiger partial charge in [0.25, 0.3) is 0 Å². The van der Waals surface area contributed by atoms with Crippen LogP contribution in [0.3, 0.4) is 0 Å². The van der Waals surface area contributed by atoms with Crippen LogP contribution in [-0.2, 0) is 4.74 Å². The molecule has 0 saturated carbocycles. The third kappa shape index (κ3) is 3.69. The highest BCUT2D eigenvalue weighted by Crippen LogP contribution is 2.26. The van der Waals surface area contributed by atoms with E-state index < -0.39 is 0 Å². The Labute approximate surface area is 119 Å². The normalized spacial score (nSPS) is 24.3. The SMILES string of the molecule is CCN1CCCC1CN(C)C(CN)(COC)C(C)C. The maximum Gasteiger partial charge on any atom is 0.0661 e. The van der Waals surface area contributed by atoms with Crippen molar-refractivity contribution < 1.29 is 4.74 Å². The van der Waals surface area contributed by atoms with Gasteiger partial charge >= 0.3 is 0 Å². The van der Waals surface area contributed by atoms with Gasteiger partial charge in [0.2, 0.25) is 0 Å². The van der Waals surface area contributed by atoms with Gasteiger partial charge in [-0.15, -0.1) is 0 Å². The Balaban J connectivity index is 2.73. The predicted octanol–water partition coefficient (Wildman–Crippen LogP) is 1.40. The molecule has 114 valence electrons. The Morgan fingerprint density at radius 3 is 2.63 bits per heavy atom. The van der Waals surface area contributed by atoms with E-state index in [9.17, 15) is 0 Å². The summed E-state index contributed by atoms with van der Waals surface area (Å²) in [6.45, 7) is 11.6. The molecule has 0 aromatic heterocycles. The molecule has 0 aromatic rings. The minimum atomic E-state index is -0.0449. The van der Waals surface area contributed by atoms with E-state index in [-0.39, 0.29) is 5.54 Å². The van der Waals surface area contributed by atoms with E-state index in [4.69, 9.17) is 10.5 Å². The van der Waals surface area contributed by atoms with E-state index in [1.165, 1.54) is 19.4 Å². The first kappa shape index (κ1) is 16.9. The number of ether oxygens (including phenoxy) is 1. The fourth-order valence-corrected chi connectivity index (χ4v) is 3.43. The summed E-state index contributed by atoms with van der Waals surface area (Å²) in [6, 6.07) is 0.677. The van der Waals surface area contributed by atoms with Crippen molar-refractivity contribution in [1.82, 2.24) is 9.80 Å². The summed E-state index contributed by atoms with van der Waals surface area (Å²) in [6.07, 6.45) is 2.64. The largest absolute Gasteiger partial charge is 0.383 e. The second-order valence-corrected chi connectivity index (χ2v) is 6.20. The summed E-state index contributed by atoms with van der Waals surface area (Å²) in [7, 11) is 3.98. The van der Waals surface area contributed by atoms with Gasteiger partial charge in [-0.3, -0.25) is 9.80 Å². The second-order valence-electron chi connectivity index (χ2n) is 6.20. The van der Waals surface area contributed by atoms with Crippen molar-refractivity contribution >= 4 is 0 Å². The van der Waals surface area contributed by atoms with Crippen LogP contribution in [0.25, 0.3) is 0 Å².